The highest BCUT2D eigenvalue weighted by Gasteiger charge is 2.17. The van der Waals surface area contributed by atoms with E-state index in [2.05, 4.69) is 30.2 Å². The number of aromatic nitrogens is 6. The van der Waals surface area contributed by atoms with Crippen molar-refractivity contribution in [3.63, 3.8) is 0 Å². The van der Waals surface area contributed by atoms with Crippen molar-refractivity contribution in [1.82, 2.24) is 29.4 Å². The average Bonchev–Trinajstić information content (AvgIpc) is 3.09. The van der Waals surface area contributed by atoms with Crippen molar-refractivity contribution >= 4 is 17.3 Å². The lowest BCUT2D eigenvalue weighted by Gasteiger charge is -2.07. The third-order valence-corrected chi connectivity index (χ3v) is 4.15. The van der Waals surface area contributed by atoms with E-state index in [0.717, 1.165) is 37.5 Å². The second-order valence-electron chi connectivity index (χ2n) is 5.71. The molecule has 1 aliphatic rings. The molecule has 1 N–H and O–H groups in total. The van der Waals surface area contributed by atoms with Gasteiger partial charge in [-0.15, -0.1) is 10.2 Å². The van der Waals surface area contributed by atoms with Gasteiger partial charge in [-0.25, -0.2) is 4.98 Å². The van der Waals surface area contributed by atoms with Crippen molar-refractivity contribution in [3.05, 3.63) is 40.1 Å². The van der Waals surface area contributed by atoms with Crippen LogP contribution in [0.15, 0.2) is 18.3 Å². The first-order valence-corrected chi connectivity index (χ1v) is 7.86. The summed E-state index contributed by atoms with van der Waals surface area (Å²) in [5, 5.41) is 26.9. The van der Waals surface area contributed by atoms with Gasteiger partial charge in [0.25, 0.3) is 0 Å². The first-order valence-electron chi connectivity index (χ1n) is 7.86. The Morgan fingerprint density at radius 1 is 1.25 bits per heavy atom. The molecule has 3 aromatic heterocycles. The van der Waals surface area contributed by atoms with E-state index in [0.29, 0.717) is 18.0 Å². The van der Waals surface area contributed by atoms with Gasteiger partial charge in [0.1, 0.15) is 12.0 Å². The van der Waals surface area contributed by atoms with Gasteiger partial charge in [-0.3, -0.25) is 0 Å². The molecule has 0 unspecified atom stereocenters. The smallest absolute Gasteiger partial charge is 0.360 e. The topological polar surface area (TPSA) is 116 Å². The van der Waals surface area contributed by atoms with Gasteiger partial charge < -0.3 is 20.0 Å². The number of hydrogen-bond donors (Lipinski definition) is 1. The first-order chi connectivity index (χ1) is 11.7. The van der Waals surface area contributed by atoms with Crippen LogP contribution >= 0.6 is 0 Å². The number of fused-ring (bicyclic) bond motifs is 2. The van der Waals surface area contributed by atoms with E-state index in [1.54, 1.807) is 12.1 Å². The molecule has 0 saturated carbocycles. The van der Waals surface area contributed by atoms with Crippen molar-refractivity contribution in [2.75, 3.05) is 5.32 Å². The molecule has 0 amide bonds. The van der Waals surface area contributed by atoms with Crippen molar-refractivity contribution in [1.29, 1.82) is 0 Å². The molecular formula is C14H16N8O2. The second kappa shape index (κ2) is 5.87. The molecule has 3 aromatic rings. The Kier molecular flexibility index (Phi) is 3.56. The molecule has 4 heterocycles. The number of rotatable bonds is 4. The predicted octanol–water partition coefficient (Wildman–Crippen LogP) is 1.57. The number of aryl methyl sites for hydroxylation is 1. The molecule has 24 heavy (non-hydrogen) atoms. The Hall–Kier alpha value is -3.04. The molecule has 0 spiro atoms. The Morgan fingerprint density at radius 3 is 3.04 bits per heavy atom. The van der Waals surface area contributed by atoms with Gasteiger partial charge in [-0.1, -0.05) is 16.0 Å². The van der Waals surface area contributed by atoms with E-state index in [1.807, 2.05) is 0 Å². The van der Waals surface area contributed by atoms with Crippen molar-refractivity contribution in [2.24, 2.45) is 0 Å². The Labute approximate surface area is 136 Å². The van der Waals surface area contributed by atoms with Crippen LogP contribution in [-0.2, 0) is 19.5 Å². The minimum Gasteiger partial charge on any atom is -0.360 e. The minimum absolute atomic E-state index is 0.162. The lowest BCUT2D eigenvalue weighted by molar-refractivity contribution is -0.391. The Morgan fingerprint density at radius 2 is 2.17 bits per heavy atom. The summed E-state index contributed by atoms with van der Waals surface area (Å²) in [6.45, 7) is 1.40. The summed E-state index contributed by atoms with van der Waals surface area (Å²) in [5.74, 6) is 2.24. The third kappa shape index (κ3) is 2.55. The van der Waals surface area contributed by atoms with E-state index in [-0.39, 0.29) is 5.82 Å². The van der Waals surface area contributed by atoms with Gasteiger partial charge in [0, 0.05) is 19.0 Å². The van der Waals surface area contributed by atoms with Crippen molar-refractivity contribution in [2.45, 2.75) is 38.8 Å². The summed E-state index contributed by atoms with van der Waals surface area (Å²) < 4.78 is 3.37. The second-order valence-corrected chi connectivity index (χ2v) is 5.71. The number of nitrogens with one attached hydrogen (secondary N) is 1. The monoisotopic (exact) mass is 328 g/mol. The molecule has 0 bridgehead atoms. The van der Waals surface area contributed by atoms with E-state index in [9.17, 15) is 10.1 Å². The zero-order valence-corrected chi connectivity index (χ0v) is 12.9. The van der Waals surface area contributed by atoms with E-state index >= 15 is 0 Å². The maximum atomic E-state index is 11.0. The normalized spacial score (nSPS) is 14.3. The first kappa shape index (κ1) is 14.5. The Balaban J connectivity index is 1.56. The maximum Gasteiger partial charge on any atom is 0.368 e. The summed E-state index contributed by atoms with van der Waals surface area (Å²) in [6, 6.07) is 3.43. The zero-order valence-electron chi connectivity index (χ0n) is 12.9. The molecule has 0 aromatic carbocycles. The highest BCUT2D eigenvalue weighted by Crippen LogP contribution is 2.17. The quantitative estimate of drug-likeness (QED) is 0.570. The molecule has 10 heteroatoms. The number of hydrogen-bond acceptors (Lipinski definition) is 7. The van der Waals surface area contributed by atoms with Crippen molar-refractivity contribution in [3.8, 4) is 0 Å². The molecule has 4 rings (SSSR count). The fourth-order valence-electron chi connectivity index (χ4n) is 2.93. The fraction of sp³-hybridized carbons (Fsp3) is 0.429. The summed E-state index contributed by atoms with van der Waals surface area (Å²) in [4.78, 5) is 14.4. The van der Waals surface area contributed by atoms with Crippen LogP contribution in [0, 0.1) is 10.1 Å². The number of nitro groups is 1. The summed E-state index contributed by atoms with van der Waals surface area (Å²) in [5.41, 5.74) is 0.434. The van der Waals surface area contributed by atoms with Crippen LogP contribution < -0.4 is 5.32 Å². The zero-order chi connectivity index (χ0) is 16.5. The summed E-state index contributed by atoms with van der Waals surface area (Å²) in [7, 11) is 0. The van der Waals surface area contributed by atoms with Crippen LogP contribution in [0.5, 0.6) is 0 Å². The van der Waals surface area contributed by atoms with Crippen LogP contribution in [-0.4, -0.2) is 34.3 Å². The summed E-state index contributed by atoms with van der Waals surface area (Å²) in [6.07, 6.45) is 5.64. The number of imidazole rings is 1. The maximum absolute atomic E-state index is 11.0. The van der Waals surface area contributed by atoms with Crippen LogP contribution in [0.1, 0.15) is 30.9 Å². The fourth-order valence-corrected chi connectivity index (χ4v) is 2.93. The number of anilines is 1. The SMILES string of the molecule is O=[N+]([O-])c1cnc2ccc(NCc3nnc4n3CCCCC4)nn12. The van der Waals surface area contributed by atoms with Crippen LogP contribution in [0.25, 0.3) is 5.65 Å². The standard InChI is InChI=1S/C14H16N8O2/c23-22(24)14-9-16-11-6-5-10(19-21(11)14)15-8-13-18-17-12-4-2-1-3-7-20(12)13/h5-6,9H,1-4,7-8H2,(H,15,19). The van der Waals surface area contributed by atoms with E-state index < -0.39 is 4.92 Å². The molecule has 10 nitrogen and oxygen atoms in total. The van der Waals surface area contributed by atoms with E-state index in [4.69, 9.17) is 0 Å². The van der Waals surface area contributed by atoms with Crippen LogP contribution in [0.4, 0.5) is 11.6 Å². The predicted molar refractivity (Wildman–Crippen MR) is 84.5 cm³/mol. The number of nitrogens with zero attached hydrogens (tertiary/aromatic N) is 7. The molecule has 124 valence electrons. The molecule has 0 atom stereocenters. The molecule has 0 radical (unpaired) electrons. The molecule has 0 aliphatic carbocycles. The Bertz CT molecular complexity index is 899. The minimum atomic E-state index is -0.505. The highest BCUT2D eigenvalue weighted by molar-refractivity contribution is 5.48. The summed E-state index contributed by atoms with van der Waals surface area (Å²) >= 11 is 0. The third-order valence-electron chi connectivity index (χ3n) is 4.15. The van der Waals surface area contributed by atoms with Gasteiger partial charge in [0.05, 0.1) is 6.54 Å². The lowest BCUT2D eigenvalue weighted by atomic mass is 10.2. The largest absolute Gasteiger partial charge is 0.368 e. The molecule has 0 saturated heterocycles. The van der Waals surface area contributed by atoms with Crippen molar-refractivity contribution < 1.29 is 4.92 Å². The molecular weight excluding hydrogens is 312 g/mol. The average molecular weight is 328 g/mol. The van der Waals surface area contributed by atoms with Gasteiger partial charge in [-0.2, -0.15) is 0 Å². The lowest BCUT2D eigenvalue weighted by Crippen LogP contribution is -2.11. The molecule has 0 fully saturated rings. The van der Waals surface area contributed by atoms with Gasteiger partial charge in [0.15, 0.2) is 11.6 Å². The molecule has 1 aliphatic heterocycles. The van der Waals surface area contributed by atoms with E-state index in [1.165, 1.54) is 17.1 Å². The van der Waals surface area contributed by atoms with Gasteiger partial charge in [0.2, 0.25) is 5.65 Å². The van der Waals surface area contributed by atoms with Crippen LogP contribution in [0.2, 0.25) is 0 Å². The van der Waals surface area contributed by atoms with Crippen LogP contribution in [0.3, 0.4) is 0 Å². The van der Waals surface area contributed by atoms with Gasteiger partial charge >= 0.3 is 5.82 Å². The highest BCUT2D eigenvalue weighted by atomic mass is 16.6. The van der Waals surface area contributed by atoms with Gasteiger partial charge in [-0.05, 0) is 23.8 Å².